The number of piperidine rings is 1. The first-order valence-corrected chi connectivity index (χ1v) is 6.93. The molecule has 3 saturated heterocycles. The highest BCUT2D eigenvalue weighted by Gasteiger charge is 2.57. The topological polar surface area (TPSA) is 58.7 Å². The van der Waals surface area contributed by atoms with Gasteiger partial charge in [-0.2, -0.15) is 0 Å². The van der Waals surface area contributed by atoms with Crippen LogP contribution in [0.4, 0.5) is 0 Å². The molecule has 0 spiro atoms. The number of nitrogens with two attached hydrogens (primary N) is 1. The second-order valence-electron chi connectivity index (χ2n) is 6.06. The number of fused-ring (bicyclic) bond motifs is 2. The van der Waals surface area contributed by atoms with E-state index in [0.717, 1.165) is 58.5 Å². The van der Waals surface area contributed by atoms with Crippen LogP contribution in [0, 0.1) is 11.3 Å². The lowest BCUT2D eigenvalue weighted by atomic mass is 9.59. The van der Waals surface area contributed by atoms with Crippen LogP contribution in [0.1, 0.15) is 25.7 Å². The van der Waals surface area contributed by atoms with Gasteiger partial charge in [-0.25, -0.2) is 0 Å². The number of nitrogens with zero attached hydrogens (tertiary/aromatic N) is 1. The molecule has 2 bridgehead atoms. The zero-order chi connectivity index (χ0) is 11.9. The van der Waals surface area contributed by atoms with Crippen molar-refractivity contribution < 1.29 is 9.84 Å². The fraction of sp³-hybridized carbons (Fsp3) is 1.00. The molecule has 3 fully saturated rings. The second kappa shape index (κ2) is 4.19. The minimum Gasteiger partial charge on any atom is -0.389 e. The van der Waals surface area contributed by atoms with Crippen molar-refractivity contribution in [1.82, 2.24) is 4.90 Å². The Kier molecular flexibility index (Phi) is 2.94. The van der Waals surface area contributed by atoms with E-state index in [1.807, 2.05) is 0 Å². The predicted octanol–water partition coefficient (Wildman–Crippen LogP) is 0.199. The molecule has 4 heteroatoms. The average molecular weight is 240 g/mol. The zero-order valence-electron chi connectivity index (χ0n) is 10.5. The lowest BCUT2D eigenvalue weighted by Gasteiger charge is -2.54. The van der Waals surface area contributed by atoms with Gasteiger partial charge in [0.25, 0.3) is 0 Å². The van der Waals surface area contributed by atoms with Crippen LogP contribution in [0.15, 0.2) is 0 Å². The van der Waals surface area contributed by atoms with Crippen LogP contribution in [0.25, 0.3) is 0 Å². The van der Waals surface area contributed by atoms with Crippen molar-refractivity contribution in [3.8, 4) is 0 Å². The van der Waals surface area contributed by atoms with Gasteiger partial charge in [-0.05, 0) is 32.2 Å². The molecule has 3 rings (SSSR count). The monoisotopic (exact) mass is 240 g/mol. The van der Waals surface area contributed by atoms with E-state index >= 15 is 0 Å². The van der Waals surface area contributed by atoms with Gasteiger partial charge in [0.1, 0.15) is 0 Å². The smallest absolute Gasteiger partial charge is 0.0770 e. The van der Waals surface area contributed by atoms with E-state index in [1.165, 1.54) is 0 Å². The van der Waals surface area contributed by atoms with Crippen molar-refractivity contribution in [3.63, 3.8) is 0 Å². The summed E-state index contributed by atoms with van der Waals surface area (Å²) in [6.07, 6.45) is 3.89. The summed E-state index contributed by atoms with van der Waals surface area (Å²) >= 11 is 0. The first-order chi connectivity index (χ1) is 8.20. The van der Waals surface area contributed by atoms with E-state index in [4.69, 9.17) is 10.5 Å². The molecule has 0 aliphatic carbocycles. The molecule has 0 aromatic heterocycles. The predicted molar refractivity (Wildman–Crippen MR) is 65.7 cm³/mol. The van der Waals surface area contributed by atoms with Crippen molar-refractivity contribution in [3.05, 3.63) is 0 Å². The summed E-state index contributed by atoms with van der Waals surface area (Å²) in [6.45, 7) is 5.38. The van der Waals surface area contributed by atoms with Crippen molar-refractivity contribution in [2.24, 2.45) is 17.1 Å². The molecule has 3 atom stereocenters. The number of ether oxygens (including phenoxy) is 1. The molecule has 0 aromatic rings. The summed E-state index contributed by atoms with van der Waals surface area (Å²) in [5.74, 6) is 0.429. The summed E-state index contributed by atoms with van der Waals surface area (Å²) in [5, 5.41) is 11.3. The van der Waals surface area contributed by atoms with Gasteiger partial charge in [0, 0.05) is 44.2 Å². The van der Waals surface area contributed by atoms with Gasteiger partial charge in [-0.1, -0.05) is 0 Å². The molecule has 0 saturated carbocycles. The van der Waals surface area contributed by atoms with Crippen molar-refractivity contribution in [1.29, 1.82) is 0 Å². The van der Waals surface area contributed by atoms with E-state index in [2.05, 4.69) is 4.90 Å². The first-order valence-electron chi connectivity index (χ1n) is 6.93. The van der Waals surface area contributed by atoms with Gasteiger partial charge < -0.3 is 20.5 Å². The van der Waals surface area contributed by atoms with Gasteiger partial charge in [0.2, 0.25) is 0 Å². The quantitative estimate of drug-likeness (QED) is 0.724. The van der Waals surface area contributed by atoms with Gasteiger partial charge in [-0.3, -0.25) is 0 Å². The van der Waals surface area contributed by atoms with Crippen LogP contribution in [0.3, 0.4) is 0 Å². The van der Waals surface area contributed by atoms with E-state index < -0.39 is 5.60 Å². The van der Waals surface area contributed by atoms with Crippen LogP contribution in [-0.4, -0.2) is 55.0 Å². The van der Waals surface area contributed by atoms with E-state index in [-0.39, 0.29) is 5.41 Å². The molecule has 3 aliphatic heterocycles. The molecule has 17 heavy (non-hydrogen) atoms. The highest BCUT2D eigenvalue weighted by Crippen LogP contribution is 2.51. The van der Waals surface area contributed by atoms with Crippen molar-refractivity contribution in [2.75, 3.05) is 39.4 Å². The van der Waals surface area contributed by atoms with Gasteiger partial charge in [-0.15, -0.1) is 0 Å². The third-order valence-electron chi connectivity index (χ3n) is 5.52. The minimum atomic E-state index is -0.543. The molecule has 0 aromatic carbocycles. The molecule has 0 radical (unpaired) electrons. The Balaban J connectivity index is 1.88. The molecule has 3 aliphatic rings. The maximum Gasteiger partial charge on any atom is 0.0770 e. The summed E-state index contributed by atoms with van der Waals surface area (Å²) < 4.78 is 5.46. The number of rotatable bonds is 2. The maximum absolute atomic E-state index is 11.3. The summed E-state index contributed by atoms with van der Waals surface area (Å²) in [4.78, 5) is 2.47. The maximum atomic E-state index is 11.3. The molecule has 3 heterocycles. The lowest BCUT2D eigenvalue weighted by molar-refractivity contribution is -0.172. The van der Waals surface area contributed by atoms with Crippen LogP contribution in [0.2, 0.25) is 0 Å². The molecular formula is C13H24N2O2. The summed E-state index contributed by atoms with van der Waals surface area (Å²) in [5.41, 5.74) is 5.42. The SMILES string of the molecule is NCC1(C2(O)CCN3CCC2C3)CCOCC1. The molecule has 98 valence electrons. The minimum absolute atomic E-state index is 0.0909. The van der Waals surface area contributed by atoms with Gasteiger partial charge in [0.15, 0.2) is 0 Å². The second-order valence-corrected chi connectivity index (χ2v) is 6.06. The van der Waals surface area contributed by atoms with Crippen LogP contribution in [-0.2, 0) is 4.74 Å². The Labute approximate surface area is 103 Å². The van der Waals surface area contributed by atoms with Crippen LogP contribution < -0.4 is 5.73 Å². The molecule has 3 unspecified atom stereocenters. The Bertz CT molecular complexity index is 291. The Morgan fingerprint density at radius 3 is 2.71 bits per heavy atom. The fourth-order valence-electron chi connectivity index (χ4n) is 4.23. The lowest BCUT2D eigenvalue weighted by Crippen LogP contribution is -2.62. The van der Waals surface area contributed by atoms with Crippen molar-refractivity contribution >= 4 is 0 Å². The largest absolute Gasteiger partial charge is 0.389 e. The Morgan fingerprint density at radius 1 is 1.24 bits per heavy atom. The van der Waals surface area contributed by atoms with E-state index in [1.54, 1.807) is 0 Å². The Morgan fingerprint density at radius 2 is 2.00 bits per heavy atom. The molecule has 4 nitrogen and oxygen atoms in total. The van der Waals surface area contributed by atoms with Crippen LogP contribution >= 0.6 is 0 Å². The van der Waals surface area contributed by atoms with Gasteiger partial charge >= 0.3 is 0 Å². The fourth-order valence-corrected chi connectivity index (χ4v) is 4.23. The number of hydrogen-bond donors (Lipinski definition) is 2. The standard InChI is InChI=1S/C13H24N2O2/c14-10-12(3-7-17-8-4-12)13(16)2-6-15-5-1-11(13)9-15/h11,16H,1-10,14H2. The van der Waals surface area contributed by atoms with E-state index in [9.17, 15) is 5.11 Å². The third-order valence-corrected chi connectivity index (χ3v) is 5.52. The first kappa shape index (κ1) is 11.9. The van der Waals surface area contributed by atoms with E-state index in [0.29, 0.717) is 12.5 Å². The Hall–Kier alpha value is -0.160. The molecule has 0 amide bonds. The normalized spacial score (nSPS) is 44.8. The number of hydrogen-bond acceptors (Lipinski definition) is 4. The zero-order valence-corrected chi connectivity index (χ0v) is 10.5. The third kappa shape index (κ3) is 1.65. The highest BCUT2D eigenvalue weighted by molar-refractivity contribution is 5.09. The van der Waals surface area contributed by atoms with Gasteiger partial charge in [0.05, 0.1) is 5.60 Å². The van der Waals surface area contributed by atoms with Crippen molar-refractivity contribution in [2.45, 2.75) is 31.3 Å². The van der Waals surface area contributed by atoms with Crippen LogP contribution in [0.5, 0.6) is 0 Å². The molecular weight excluding hydrogens is 216 g/mol. The molecule has 3 N–H and O–H groups in total. The summed E-state index contributed by atoms with van der Waals surface area (Å²) in [7, 11) is 0. The highest BCUT2D eigenvalue weighted by atomic mass is 16.5. The average Bonchev–Trinajstić information content (AvgIpc) is 2.80. The number of aliphatic hydroxyl groups is 1. The summed E-state index contributed by atoms with van der Waals surface area (Å²) in [6, 6.07) is 0.